The first kappa shape index (κ1) is 10.4. The molecule has 84 valence electrons. The Morgan fingerprint density at radius 1 is 1.24 bits per heavy atom. The van der Waals surface area contributed by atoms with Crippen molar-refractivity contribution in [3.05, 3.63) is 48.2 Å². The average Bonchev–Trinajstić information content (AvgIpc) is 2.70. The van der Waals surface area contributed by atoms with Crippen molar-refractivity contribution in [2.24, 2.45) is 0 Å². The Morgan fingerprint density at radius 3 is 2.88 bits per heavy atom. The molecule has 0 bridgehead atoms. The Balaban J connectivity index is 1.86. The van der Waals surface area contributed by atoms with Crippen molar-refractivity contribution in [3.63, 3.8) is 0 Å². The molecule has 1 aliphatic rings. The molecular weight excluding hydrogens is 232 g/mol. The van der Waals surface area contributed by atoms with Crippen molar-refractivity contribution in [2.75, 3.05) is 5.32 Å². The van der Waals surface area contributed by atoms with Gasteiger partial charge in [-0.1, -0.05) is 30.0 Å². The minimum Gasteiger partial charge on any atom is -0.324 e. The largest absolute Gasteiger partial charge is 0.324 e. The van der Waals surface area contributed by atoms with Crippen LogP contribution in [-0.2, 0) is 11.2 Å². The van der Waals surface area contributed by atoms with E-state index in [2.05, 4.69) is 10.3 Å². The van der Waals surface area contributed by atoms with Crippen molar-refractivity contribution in [1.29, 1.82) is 0 Å². The van der Waals surface area contributed by atoms with E-state index in [0.717, 1.165) is 21.2 Å². The smallest absolute Gasteiger partial charge is 0.228 e. The van der Waals surface area contributed by atoms with Crippen LogP contribution in [0.2, 0.25) is 0 Å². The lowest BCUT2D eigenvalue weighted by atomic mass is 10.2. The summed E-state index contributed by atoms with van der Waals surface area (Å²) in [5.41, 5.74) is 1.87. The number of anilines is 1. The topological polar surface area (TPSA) is 42.0 Å². The summed E-state index contributed by atoms with van der Waals surface area (Å²) in [7, 11) is 0. The molecule has 17 heavy (non-hydrogen) atoms. The Bertz CT molecular complexity index is 569. The van der Waals surface area contributed by atoms with E-state index in [1.807, 2.05) is 36.4 Å². The number of hydrogen-bond acceptors (Lipinski definition) is 3. The number of pyridine rings is 1. The molecule has 1 aromatic heterocycles. The Labute approximate surface area is 103 Å². The van der Waals surface area contributed by atoms with Crippen molar-refractivity contribution < 1.29 is 4.79 Å². The van der Waals surface area contributed by atoms with Crippen LogP contribution in [0.5, 0.6) is 0 Å². The highest BCUT2D eigenvalue weighted by Crippen LogP contribution is 2.30. The van der Waals surface area contributed by atoms with Gasteiger partial charge in [0, 0.05) is 4.90 Å². The number of carbonyl (C=O) groups is 1. The summed E-state index contributed by atoms with van der Waals surface area (Å²) in [6, 6.07) is 12.1. The first-order valence-corrected chi connectivity index (χ1v) is 6.14. The number of nitrogens with one attached hydrogen (secondary N) is 1. The molecule has 2 heterocycles. The fourth-order valence-electron chi connectivity index (χ4n) is 1.77. The van der Waals surface area contributed by atoms with Crippen LogP contribution < -0.4 is 5.32 Å². The van der Waals surface area contributed by atoms with Crippen LogP contribution in [-0.4, -0.2) is 10.9 Å². The molecule has 0 radical (unpaired) electrons. The molecule has 0 saturated carbocycles. The van der Waals surface area contributed by atoms with Crippen LogP contribution in [0, 0.1) is 0 Å². The predicted octanol–water partition coefficient (Wildman–Crippen LogP) is 2.73. The van der Waals surface area contributed by atoms with E-state index in [4.69, 9.17) is 0 Å². The van der Waals surface area contributed by atoms with Crippen molar-refractivity contribution >= 4 is 23.4 Å². The number of rotatable bonds is 2. The maximum absolute atomic E-state index is 11.2. The summed E-state index contributed by atoms with van der Waals surface area (Å²) >= 11 is 1.60. The monoisotopic (exact) mass is 242 g/mol. The van der Waals surface area contributed by atoms with Gasteiger partial charge in [-0.15, -0.1) is 0 Å². The molecule has 1 aromatic carbocycles. The SMILES string of the molecule is O=C1Cc2cc(Sc3ccccc3)ncc2N1. The van der Waals surface area contributed by atoms with Crippen molar-refractivity contribution in [2.45, 2.75) is 16.3 Å². The summed E-state index contributed by atoms with van der Waals surface area (Å²) < 4.78 is 0. The van der Waals surface area contributed by atoms with Crippen LogP contribution in [0.15, 0.2) is 52.5 Å². The Morgan fingerprint density at radius 2 is 2.06 bits per heavy atom. The lowest BCUT2D eigenvalue weighted by Gasteiger charge is -2.02. The van der Waals surface area contributed by atoms with Crippen molar-refractivity contribution in [3.8, 4) is 0 Å². The number of benzene rings is 1. The summed E-state index contributed by atoms with van der Waals surface area (Å²) in [5, 5.41) is 3.70. The van der Waals surface area contributed by atoms with Crippen LogP contribution in [0.1, 0.15) is 5.56 Å². The first-order valence-electron chi connectivity index (χ1n) is 5.33. The number of hydrogen-bond donors (Lipinski definition) is 1. The van der Waals surface area contributed by atoms with Gasteiger partial charge in [-0.2, -0.15) is 0 Å². The average molecular weight is 242 g/mol. The molecule has 2 aromatic rings. The van der Waals surface area contributed by atoms with Crippen LogP contribution in [0.25, 0.3) is 0 Å². The Hall–Kier alpha value is -1.81. The highest BCUT2D eigenvalue weighted by atomic mass is 32.2. The van der Waals surface area contributed by atoms with E-state index in [9.17, 15) is 4.79 Å². The zero-order valence-electron chi connectivity index (χ0n) is 9.01. The lowest BCUT2D eigenvalue weighted by molar-refractivity contribution is -0.115. The summed E-state index contributed by atoms with van der Waals surface area (Å²) in [6.07, 6.45) is 2.19. The maximum Gasteiger partial charge on any atom is 0.228 e. The third-order valence-electron chi connectivity index (χ3n) is 2.56. The Kier molecular flexibility index (Phi) is 2.57. The van der Waals surface area contributed by atoms with Gasteiger partial charge in [0.25, 0.3) is 0 Å². The molecule has 0 spiro atoms. The molecule has 0 atom stereocenters. The van der Waals surface area contributed by atoms with Gasteiger partial charge in [-0.25, -0.2) is 4.98 Å². The van der Waals surface area contributed by atoms with Crippen LogP contribution in [0.3, 0.4) is 0 Å². The van der Waals surface area contributed by atoms with Gasteiger partial charge in [0.15, 0.2) is 0 Å². The normalized spacial score (nSPS) is 13.3. The van der Waals surface area contributed by atoms with E-state index >= 15 is 0 Å². The third-order valence-corrected chi connectivity index (χ3v) is 3.50. The second-order valence-corrected chi connectivity index (χ2v) is 4.91. The molecule has 3 rings (SSSR count). The zero-order chi connectivity index (χ0) is 11.7. The fraction of sp³-hybridized carbons (Fsp3) is 0.0769. The first-order chi connectivity index (χ1) is 8.31. The van der Waals surface area contributed by atoms with Gasteiger partial charge in [0.05, 0.1) is 18.3 Å². The molecule has 1 aliphatic heterocycles. The van der Waals surface area contributed by atoms with Gasteiger partial charge >= 0.3 is 0 Å². The van der Waals surface area contributed by atoms with E-state index < -0.39 is 0 Å². The second kappa shape index (κ2) is 4.22. The van der Waals surface area contributed by atoms with Crippen LogP contribution >= 0.6 is 11.8 Å². The molecule has 1 N–H and O–H groups in total. The predicted molar refractivity (Wildman–Crippen MR) is 67.1 cm³/mol. The number of carbonyl (C=O) groups excluding carboxylic acids is 1. The van der Waals surface area contributed by atoms with Gasteiger partial charge in [0.1, 0.15) is 5.03 Å². The van der Waals surface area contributed by atoms with Gasteiger partial charge in [-0.05, 0) is 23.8 Å². The van der Waals surface area contributed by atoms with E-state index in [-0.39, 0.29) is 5.91 Å². The lowest BCUT2D eigenvalue weighted by Crippen LogP contribution is -2.03. The fourth-order valence-corrected chi connectivity index (χ4v) is 2.61. The summed E-state index contributed by atoms with van der Waals surface area (Å²) in [4.78, 5) is 16.7. The molecule has 0 fully saturated rings. The van der Waals surface area contributed by atoms with Gasteiger partial charge in [-0.3, -0.25) is 4.79 Å². The minimum absolute atomic E-state index is 0.0451. The molecule has 1 amide bonds. The number of amides is 1. The zero-order valence-corrected chi connectivity index (χ0v) is 9.83. The van der Waals surface area contributed by atoms with Crippen molar-refractivity contribution in [1.82, 2.24) is 4.98 Å². The third kappa shape index (κ3) is 2.17. The second-order valence-electron chi connectivity index (χ2n) is 3.82. The van der Waals surface area contributed by atoms with E-state index in [0.29, 0.717) is 6.42 Å². The molecule has 0 aliphatic carbocycles. The summed E-state index contributed by atoms with van der Waals surface area (Å²) in [6.45, 7) is 0. The highest BCUT2D eigenvalue weighted by molar-refractivity contribution is 7.99. The van der Waals surface area contributed by atoms with Gasteiger partial charge < -0.3 is 5.32 Å². The number of nitrogens with zero attached hydrogens (tertiary/aromatic N) is 1. The molecule has 0 unspecified atom stereocenters. The van der Waals surface area contributed by atoms with Crippen LogP contribution in [0.4, 0.5) is 5.69 Å². The number of aromatic nitrogens is 1. The highest BCUT2D eigenvalue weighted by Gasteiger charge is 2.18. The number of fused-ring (bicyclic) bond motifs is 1. The minimum atomic E-state index is 0.0451. The van der Waals surface area contributed by atoms with E-state index in [1.54, 1.807) is 18.0 Å². The molecular formula is C13H10N2OS. The molecule has 4 heteroatoms. The van der Waals surface area contributed by atoms with Gasteiger partial charge in [0.2, 0.25) is 5.91 Å². The molecule has 3 nitrogen and oxygen atoms in total. The standard InChI is InChI=1S/C13H10N2OS/c16-12-6-9-7-13(14-8-11(9)15-12)17-10-4-2-1-3-5-10/h1-5,7-8H,6H2,(H,15,16). The molecule has 0 saturated heterocycles. The quantitative estimate of drug-likeness (QED) is 0.880. The maximum atomic E-state index is 11.2. The van der Waals surface area contributed by atoms with E-state index in [1.165, 1.54) is 0 Å². The summed E-state index contributed by atoms with van der Waals surface area (Å²) in [5.74, 6) is 0.0451.